The Bertz CT molecular complexity index is 557. The van der Waals surface area contributed by atoms with Crippen LogP contribution in [-0.2, 0) is 0 Å². The van der Waals surface area contributed by atoms with E-state index in [2.05, 4.69) is 13.5 Å². The Balaban J connectivity index is 2.72. The minimum absolute atomic E-state index is 0.594. The van der Waals surface area contributed by atoms with Gasteiger partial charge in [-0.25, -0.2) is 0 Å². The first kappa shape index (κ1) is 22.2. The molecule has 0 fully saturated rings. The minimum Gasteiger partial charge on any atom is -0.493 e. The topological polar surface area (TPSA) is 29.5 Å². The molecule has 144 valence electrons. The molecule has 0 spiro atoms. The van der Waals surface area contributed by atoms with Crippen LogP contribution in [0.3, 0.4) is 0 Å². The van der Waals surface area contributed by atoms with Gasteiger partial charge in [-0.1, -0.05) is 94.5 Å². The highest BCUT2D eigenvalue weighted by atomic mass is 16.5. The number of benzene rings is 1. The lowest BCUT2D eigenvalue weighted by molar-refractivity contribution is 0.202. The van der Waals surface area contributed by atoms with Crippen molar-refractivity contribution < 1.29 is 9.84 Å². The molecule has 0 bridgehead atoms. The molecule has 2 nitrogen and oxygen atoms in total. The zero-order chi connectivity index (χ0) is 19.0. The van der Waals surface area contributed by atoms with E-state index in [1.165, 1.54) is 38.5 Å². The SMILES string of the molecule is C=CC=CC=C(CCCCCCCCC)C(O)c1ccccc1OCC. The van der Waals surface area contributed by atoms with Crippen LogP contribution < -0.4 is 4.74 Å². The van der Waals surface area contributed by atoms with Crippen LogP contribution in [0.2, 0.25) is 0 Å². The summed E-state index contributed by atoms with van der Waals surface area (Å²) >= 11 is 0. The van der Waals surface area contributed by atoms with Crippen LogP contribution in [0, 0.1) is 0 Å². The average Bonchev–Trinajstić information content (AvgIpc) is 2.66. The summed E-state index contributed by atoms with van der Waals surface area (Å²) in [6, 6.07) is 7.77. The van der Waals surface area contributed by atoms with Gasteiger partial charge in [-0.15, -0.1) is 0 Å². The summed E-state index contributed by atoms with van der Waals surface area (Å²) in [5, 5.41) is 11.0. The lowest BCUT2D eigenvalue weighted by Crippen LogP contribution is -2.05. The zero-order valence-electron chi connectivity index (χ0n) is 16.6. The van der Waals surface area contributed by atoms with Crippen LogP contribution in [0.15, 0.2) is 60.7 Å². The summed E-state index contributed by atoms with van der Waals surface area (Å²) in [7, 11) is 0. The molecular formula is C24H36O2. The predicted molar refractivity (Wildman–Crippen MR) is 113 cm³/mol. The number of allylic oxidation sites excluding steroid dienone is 4. The van der Waals surface area contributed by atoms with Crippen molar-refractivity contribution in [3.8, 4) is 5.75 Å². The van der Waals surface area contributed by atoms with Gasteiger partial charge < -0.3 is 9.84 Å². The third-order valence-corrected chi connectivity index (χ3v) is 4.49. The molecule has 1 unspecified atom stereocenters. The predicted octanol–water partition coefficient (Wildman–Crippen LogP) is 6.93. The Morgan fingerprint density at radius 3 is 2.42 bits per heavy atom. The quantitative estimate of drug-likeness (QED) is 0.289. The molecule has 0 radical (unpaired) electrons. The largest absolute Gasteiger partial charge is 0.493 e. The van der Waals surface area contributed by atoms with Gasteiger partial charge in [0.2, 0.25) is 0 Å². The third-order valence-electron chi connectivity index (χ3n) is 4.49. The Morgan fingerprint density at radius 2 is 1.73 bits per heavy atom. The molecule has 1 aromatic carbocycles. The lowest BCUT2D eigenvalue weighted by Gasteiger charge is -2.18. The molecular weight excluding hydrogens is 320 g/mol. The molecule has 1 atom stereocenters. The van der Waals surface area contributed by atoms with Crippen molar-refractivity contribution in [3.63, 3.8) is 0 Å². The second kappa shape index (κ2) is 14.4. The average molecular weight is 357 g/mol. The van der Waals surface area contributed by atoms with Crippen LogP contribution in [-0.4, -0.2) is 11.7 Å². The number of aliphatic hydroxyl groups excluding tert-OH is 1. The Morgan fingerprint density at radius 1 is 1.04 bits per heavy atom. The van der Waals surface area contributed by atoms with Gasteiger partial charge >= 0.3 is 0 Å². The third kappa shape index (κ3) is 8.53. The minimum atomic E-state index is -0.632. The summed E-state index contributed by atoms with van der Waals surface area (Å²) in [4.78, 5) is 0. The molecule has 0 heterocycles. The van der Waals surface area contributed by atoms with Gasteiger partial charge in [0.25, 0.3) is 0 Å². The maximum atomic E-state index is 11.0. The number of hydrogen-bond acceptors (Lipinski definition) is 2. The van der Waals surface area contributed by atoms with Gasteiger partial charge in [0.15, 0.2) is 0 Å². The number of para-hydroxylation sites is 1. The summed E-state index contributed by atoms with van der Waals surface area (Å²) in [6.07, 6.45) is 16.8. The van der Waals surface area contributed by atoms with E-state index in [9.17, 15) is 5.11 Å². The molecule has 2 heteroatoms. The van der Waals surface area contributed by atoms with E-state index < -0.39 is 6.10 Å². The number of hydrogen-bond donors (Lipinski definition) is 1. The van der Waals surface area contributed by atoms with E-state index in [0.29, 0.717) is 6.61 Å². The maximum absolute atomic E-state index is 11.0. The van der Waals surface area contributed by atoms with Gasteiger partial charge in [0.05, 0.1) is 6.61 Å². The molecule has 0 saturated heterocycles. The number of rotatable bonds is 14. The van der Waals surface area contributed by atoms with Crippen molar-refractivity contribution in [2.75, 3.05) is 6.61 Å². The van der Waals surface area contributed by atoms with Crippen molar-refractivity contribution in [2.24, 2.45) is 0 Å². The molecule has 0 aromatic heterocycles. The Kier molecular flexibility index (Phi) is 12.3. The van der Waals surface area contributed by atoms with E-state index in [1.807, 2.05) is 49.4 Å². The number of aliphatic hydroxyl groups is 1. The van der Waals surface area contributed by atoms with Crippen molar-refractivity contribution in [1.29, 1.82) is 0 Å². The maximum Gasteiger partial charge on any atom is 0.125 e. The fourth-order valence-corrected chi connectivity index (χ4v) is 3.05. The van der Waals surface area contributed by atoms with Gasteiger partial charge in [-0.2, -0.15) is 0 Å². The van der Waals surface area contributed by atoms with Gasteiger partial charge in [-0.3, -0.25) is 0 Å². The van der Waals surface area contributed by atoms with Gasteiger partial charge in [-0.05, 0) is 31.4 Å². The van der Waals surface area contributed by atoms with E-state index in [0.717, 1.165) is 29.7 Å². The number of ether oxygens (including phenoxy) is 1. The van der Waals surface area contributed by atoms with Crippen molar-refractivity contribution >= 4 is 0 Å². The van der Waals surface area contributed by atoms with Gasteiger partial charge in [0, 0.05) is 5.56 Å². The van der Waals surface area contributed by atoms with Gasteiger partial charge in [0.1, 0.15) is 11.9 Å². The monoisotopic (exact) mass is 356 g/mol. The van der Waals surface area contributed by atoms with E-state index in [-0.39, 0.29) is 0 Å². The van der Waals surface area contributed by atoms with Crippen molar-refractivity contribution in [3.05, 3.63) is 66.3 Å². The van der Waals surface area contributed by atoms with E-state index >= 15 is 0 Å². The molecule has 1 N–H and O–H groups in total. The second-order valence-corrected chi connectivity index (χ2v) is 6.61. The zero-order valence-corrected chi connectivity index (χ0v) is 16.6. The first-order valence-electron chi connectivity index (χ1n) is 10.1. The first-order chi connectivity index (χ1) is 12.7. The van der Waals surface area contributed by atoms with Crippen LogP contribution >= 0.6 is 0 Å². The molecule has 0 aliphatic rings. The fraction of sp³-hybridized carbons (Fsp3) is 0.500. The normalized spacial score (nSPS) is 13.1. The summed E-state index contributed by atoms with van der Waals surface area (Å²) in [6.45, 7) is 8.51. The first-order valence-corrected chi connectivity index (χ1v) is 10.1. The van der Waals surface area contributed by atoms with Crippen molar-refractivity contribution in [1.82, 2.24) is 0 Å². The summed E-state index contributed by atoms with van der Waals surface area (Å²) < 4.78 is 5.69. The van der Waals surface area contributed by atoms with Crippen molar-refractivity contribution in [2.45, 2.75) is 71.3 Å². The Labute approximate surface area is 160 Å². The highest BCUT2D eigenvalue weighted by molar-refractivity contribution is 5.39. The van der Waals surface area contributed by atoms with Crippen LogP contribution in [0.1, 0.15) is 76.9 Å². The number of unbranched alkanes of at least 4 members (excludes halogenated alkanes) is 6. The summed E-state index contributed by atoms with van der Waals surface area (Å²) in [5.41, 5.74) is 1.87. The molecule has 0 aliphatic carbocycles. The van der Waals surface area contributed by atoms with Crippen LogP contribution in [0.4, 0.5) is 0 Å². The highest BCUT2D eigenvalue weighted by Crippen LogP contribution is 2.32. The van der Waals surface area contributed by atoms with Crippen LogP contribution in [0.5, 0.6) is 5.75 Å². The fourth-order valence-electron chi connectivity index (χ4n) is 3.05. The Hall–Kier alpha value is -1.80. The standard InChI is InChI=1S/C24H36O2/c1-4-7-9-10-11-12-14-18-21(17-13-8-5-2)24(25)22-19-15-16-20-23(22)26-6-3/h5,8,13,15-17,19-20,24-25H,2,4,6-7,9-12,14,18H2,1,3H3. The second-order valence-electron chi connectivity index (χ2n) is 6.61. The molecule has 1 rings (SSSR count). The smallest absolute Gasteiger partial charge is 0.125 e. The highest BCUT2D eigenvalue weighted by Gasteiger charge is 2.17. The molecule has 0 saturated carbocycles. The molecule has 0 amide bonds. The lowest BCUT2D eigenvalue weighted by atomic mass is 9.95. The molecule has 1 aromatic rings. The van der Waals surface area contributed by atoms with E-state index in [4.69, 9.17) is 4.74 Å². The van der Waals surface area contributed by atoms with Crippen LogP contribution in [0.25, 0.3) is 0 Å². The summed E-state index contributed by atoms with van der Waals surface area (Å²) in [5.74, 6) is 0.765. The molecule has 0 aliphatic heterocycles. The molecule has 26 heavy (non-hydrogen) atoms. The van der Waals surface area contributed by atoms with E-state index in [1.54, 1.807) is 6.08 Å².